The summed E-state index contributed by atoms with van der Waals surface area (Å²) in [6, 6.07) is 15.6. The van der Waals surface area contributed by atoms with Crippen LogP contribution < -0.4 is 10.2 Å². The van der Waals surface area contributed by atoms with Gasteiger partial charge in [0.05, 0.1) is 0 Å². The van der Waals surface area contributed by atoms with Crippen LogP contribution in [0.3, 0.4) is 0 Å². The van der Waals surface area contributed by atoms with E-state index in [4.69, 9.17) is 0 Å². The molecule has 8 heteroatoms. The molecule has 1 aliphatic rings. The van der Waals surface area contributed by atoms with E-state index in [0.29, 0.717) is 37.7 Å². The highest BCUT2D eigenvalue weighted by molar-refractivity contribution is 6.05. The minimum atomic E-state index is -0.0305. The van der Waals surface area contributed by atoms with Gasteiger partial charge < -0.3 is 15.1 Å². The van der Waals surface area contributed by atoms with Crippen LogP contribution in [0.4, 0.5) is 17.5 Å². The molecule has 0 saturated carbocycles. The van der Waals surface area contributed by atoms with Crippen molar-refractivity contribution in [1.82, 2.24) is 24.8 Å². The highest BCUT2D eigenvalue weighted by Gasteiger charge is 2.25. The van der Waals surface area contributed by atoms with Crippen LogP contribution in [0.15, 0.2) is 67.3 Å². The second kappa shape index (κ2) is 8.58. The molecule has 3 aromatic heterocycles. The third kappa shape index (κ3) is 4.07. The predicted molar refractivity (Wildman–Crippen MR) is 124 cm³/mol. The van der Waals surface area contributed by atoms with Crippen LogP contribution in [-0.4, -0.2) is 56.9 Å². The molecule has 0 radical (unpaired) electrons. The minimum absolute atomic E-state index is 0.0305. The van der Waals surface area contributed by atoms with Crippen molar-refractivity contribution in [2.24, 2.45) is 0 Å². The lowest BCUT2D eigenvalue weighted by Crippen LogP contribution is -2.49. The Hall–Kier alpha value is -4.07. The Morgan fingerprint density at radius 1 is 0.875 bits per heavy atom. The fourth-order valence-electron chi connectivity index (χ4n) is 3.90. The molecule has 8 nitrogen and oxygen atoms in total. The van der Waals surface area contributed by atoms with Crippen molar-refractivity contribution >= 4 is 34.1 Å². The van der Waals surface area contributed by atoms with Crippen molar-refractivity contribution in [3.05, 3.63) is 78.5 Å². The summed E-state index contributed by atoms with van der Waals surface area (Å²) in [4.78, 5) is 34.6. The highest BCUT2D eigenvalue weighted by Crippen LogP contribution is 2.21. The minimum Gasteiger partial charge on any atom is -0.353 e. The Morgan fingerprint density at radius 2 is 1.66 bits per heavy atom. The Bertz CT molecular complexity index is 1260. The number of amides is 1. The van der Waals surface area contributed by atoms with E-state index in [1.165, 1.54) is 0 Å². The largest absolute Gasteiger partial charge is 0.353 e. The third-order valence-corrected chi connectivity index (χ3v) is 5.59. The molecule has 0 atom stereocenters. The first-order valence-electron chi connectivity index (χ1n) is 10.6. The van der Waals surface area contributed by atoms with E-state index in [1.807, 2.05) is 60.4 Å². The lowest BCUT2D eigenvalue weighted by atomic mass is 10.1. The van der Waals surface area contributed by atoms with Gasteiger partial charge in [0.25, 0.3) is 5.91 Å². The Labute approximate surface area is 186 Å². The number of anilines is 3. The number of fused-ring (bicyclic) bond motifs is 1. The molecule has 1 aliphatic heterocycles. The number of piperazine rings is 1. The first kappa shape index (κ1) is 19.9. The van der Waals surface area contributed by atoms with Gasteiger partial charge >= 0.3 is 0 Å². The van der Waals surface area contributed by atoms with E-state index in [2.05, 4.69) is 30.2 Å². The third-order valence-electron chi connectivity index (χ3n) is 5.59. The van der Waals surface area contributed by atoms with Crippen LogP contribution in [0, 0.1) is 6.92 Å². The number of pyridine rings is 2. The van der Waals surface area contributed by atoms with Gasteiger partial charge in [0.2, 0.25) is 0 Å². The van der Waals surface area contributed by atoms with Crippen LogP contribution in [0.1, 0.15) is 16.1 Å². The van der Waals surface area contributed by atoms with Gasteiger partial charge in [0.15, 0.2) is 0 Å². The lowest BCUT2D eigenvalue weighted by molar-refractivity contribution is 0.0743. The summed E-state index contributed by atoms with van der Waals surface area (Å²) in [5, 5.41) is 5.14. The highest BCUT2D eigenvalue weighted by atomic mass is 16.2. The quantitative estimate of drug-likeness (QED) is 0.536. The summed E-state index contributed by atoms with van der Waals surface area (Å²) in [5.41, 5.74) is 1.63. The first-order chi connectivity index (χ1) is 15.7. The second-order valence-corrected chi connectivity index (χ2v) is 7.76. The Balaban J connectivity index is 1.27. The number of carbonyl (C=O) groups is 1. The molecule has 4 aromatic rings. The summed E-state index contributed by atoms with van der Waals surface area (Å²) in [6.07, 6.45) is 5.01. The van der Waals surface area contributed by atoms with Gasteiger partial charge in [-0.3, -0.25) is 9.78 Å². The van der Waals surface area contributed by atoms with Crippen LogP contribution in [0.25, 0.3) is 10.8 Å². The molecule has 32 heavy (non-hydrogen) atoms. The van der Waals surface area contributed by atoms with Gasteiger partial charge in [-0.05, 0) is 36.1 Å². The standard InChI is InChI=1S/C24H23N7O/c1-17-6-8-25-20(14-17)29-21-15-22(28-16-27-21)30-10-12-31(13-11-30)24(32)23-19-5-3-2-4-18(19)7-9-26-23/h2-9,14-16H,10-13H2,1H3,(H,25,27,28,29). The van der Waals surface area contributed by atoms with Gasteiger partial charge in [0, 0.05) is 50.0 Å². The number of nitrogens with zero attached hydrogens (tertiary/aromatic N) is 6. The zero-order valence-electron chi connectivity index (χ0n) is 17.8. The van der Waals surface area contributed by atoms with E-state index in [9.17, 15) is 4.79 Å². The first-order valence-corrected chi connectivity index (χ1v) is 10.6. The van der Waals surface area contributed by atoms with Crippen molar-refractivity contribution in [2.45, 2.75) is 6.92 Å². The number of hydrogen-bond donors (Lipinski definition) is 1. The zero-order valence-corrected chi connectivity index (χ0v) is 17.8. The molecule has 0 aliphatic carbocycles. The van der Waals surface area contributed by atoms with Gasteiger partial charge in [-0.1, -0.05) is 24.3 Å². The van der Waals surface area contributed by atoms with Crippen molar-refractivity contribution in [1.29, 1.82) is 0 Å². The topological polar surface area (TPSA) is 87.1 Å². The number of aryl methyl sites for hydroxylation is 1. The zero-order chi connectivity index (χ0) is 21.9. The van der Waals surface area contributed by atoms with Crippen molar-refractivity contribution in [2.75, 3.05) is 36.4 Å². The smallest absolute Gasteiger partial charge is 0.273 e. The number of nitrogens with one attached hydrogen (secondary N) is 1. The van der Waals surface area contributed by atoms with Crippen LogP contribution in [0.5, 0.6) is 0 Å². The molecular weight excluding hydrogens is 402 g/mol. The molecule has 0 spiro atoms. The van der Waals surface area contributed by atoms with Gasteiger partial charge in [-0.25, -0.2) is 15.0 Å². The average molecular weight is 425 g/mol. The maximum absolute atomic E-state index is 13.1. The second-order valence-electron chi connectivity index (χ2n) is 7.76. The van der Waals surface area contributed by atoms with Crippen molar-refractivity contribution in [3.8, 4) is 0 Å². The van der Waals surface area contributed by atoms with E-state index in [0.717, 1.165) is 28.0 Å². The van der Waals surface area contributed by atoms with Crippen LogP contribution in [-0.2, 0) is 0 Å². The summed E-state index contributed by atoms with van der Waals surface area (Å²) in [7, 11) is 0. The number of rotatable bonds is 4. The SMILES string of the molecule is Cc1ccnc(Nc2cc(N3CCN(C(=O)c4nccc5ccccc45)CC3)ncn2)c1. The van der Waals surface area contributed by atoms with Crippen molar-refractivity contribution < 1.29 is 4.79 Å². The average Bonchev–Trinajstić information content (AvgIpc) is 2.83. The number of benzene rings is 1. The normalized spacial score (nSPS) is 13.9. The van der Waals surface area contributed by atoms with Crippen LogP contribution >= 0.6 is 0 Å². The van der Waals surface area contributed by atoms with Gasteiger partial charge in [-0.15, -0.1) is 0 Å². The Kier molecular flexibility index (Phi) is 5.33. The number of hydrogen-bond acceptors (Lipinski definition) is 7. The maximum atomic E-state index is 13.1. The van der Waals surface area contributed by atoms with Gasteiger partial charge in [-0.2, -0.15) is 0 Å². The number of carbonyl (C=O) groups excluding carboxylic acids is 1. The van der Waals surface area contributed by atoms with E-state index >= 15 is 0 Å². The van der Waals surface area contributed by atoms with Gasteiger partial charge in [0.1, 0.15) is 29.5 Å². The molecule has 5 rings (SSSR count). The molecule has 4 heterocycles. The van der Waals surface area contributed by atoms with Crippen LogP contribution in [0.2, 0.25) is 0 Å². The molecule has 1 fully saturated rings. The molecule has 1 aromatic carbocycles. The molecule has 1 saturated heterocycles. The molecular formula is C24H23N7O. The fraction of sp³-hybridized carbons (Fsp3) is 0.208. The van der Waals surface area contributed by atoms with E-state index < -0.39 is 0 Å². The summed E-state index contributed by atoms with van der Waals surface area (Å²) >= 11 is 0. The molecule has 1 amide bonds. The molecule has 0 bridgehead atoms. The summed E-state index contributed by atoms with van der Waals surface area (Å²) < 4.78 is 0. The van der Waals surface area contributed by atoms with E-state index in [1.54, 1.807) is 18.7 Å². The van der Waals surface area contributed by atoms with Crippen molar-refractivity contribution in [3.63, 3.8) is 0 Å². The monoisotopic (exact) mass is 425 g/mol. The predicted octanol–water partition coefficient (Wildman–Crippen LogP) is 3.43. The van der Waals surface area contributed by atoms with E-state index in [-0.39, 0.29) is 5.91 Å². The summed E-state index contributed by atoms with van der Waals surface area (Å²) in [5.74, 6) is 2.22. The lowest BCUT2D eigenvalue weighted by Gasteiger charge is -2.35. The molecule has 160 valence electrons. The molecule has 1 N–H and O–H groups in total. The number of aromatic nitrogens is 4. The summed E-state index contributed by atoms with van der Waals surface area (Å²) in [6.45, 7) is 4.62. The molecule has 0 unspecified atom stereocenters. The fourth-order valence-corrected chi connectivity index (χ4v) is 3.90. The maximum Gasteiger partial charge on any atom is 0.273 e. The Morgan fingerprint density at radius 3 is 2.50 bits per heavy atom.